The van der Waals surface area contributed by atoms with Gasteiger partial charge >= 0.3 is 0 Å². The molecule has 0 bridgehead atoms. The Morgan fingerprint density at radius 1 is 0.967 bits per heavy atom. The fourth-order valence-electron chi connectivity index (χ4n) is 3.26. The maximum absolute atomic E-state index is 12.6. The van der Waals surface area contributed by atoms with E-state index in [1.807, 2.05) is 6.92 Å². The van der Waals surface area contributed by atoms with Crippen LogP contribution >= 0.6 is 0 Å². The summed E-state index contributed by atoms with van der Waals surface area (Å²) in [4.78, 5) is 24.3. The second kappa shape index (κ2) is 8.72. The summed E-state index contributed by atoms with van der Waals surface area (Å²) >= 11 is 0. The molecule has 0 radical (unpaired) electrons. The molecule has 0 saturated heterocycles. The number of carbonyl (C=O) groups is 2. The minimum atomic E-state index is -3.76. The van der Waals surface area contributed by atoms with Gasteiger partial charge in [0.15, 0.2) is 11.5 Å². The lowest BCUT2D eigenvalue weighted by Gasteiger charge is -2.13. The predicted molar refractivity (Wildman–Crippen MR) is 109 cm³/mol. The fraction of sp³-hybridized carbons (Fsp3) is 0.300. The zero-order chi connectivity index (χ0) is 21.9. The van der Waals surface area contributed by atoms with Crippen LogP contribution in [0.4, 0.5) is 0 Å². The number of benzene rings is 2. The zero-order valence-corrected chi connectivity index (χ0v) is 17.7. The number of carbonyl (C=O) groups excluding carboxylic acids is 2. The Bertz CT molecular complexity index is 1070. The number of ether oxygens (including phenoxy) is 2. The number of sulfonamides is 1. The van der Waals surface area contributed by atoms with Gasteiger partial charge in [0.25, 0.3) is 5.91 Å². The molecular formula is C20H23N3O6S. The van der Waals surface area contributed by atoms with E-state index in [1.54, 1.807) is 32.0 Å². The Hall–Kier alpha value is -3.11. The van der Waals surface area contributed by atoms with Crippen LogP contribution in [-0.4, -0.2) is 33.6 Å². The molecule has 0 spiro atoms. The first-order chi connectivity index (χ1) is 14.2. The van der Waals surface area contributed by atoms with Gasteiger partial charge in [0, 0.05) is 18.5 Å². The number of hydrazine groups is 1. The van der Waals surface area contributed by atoms with Crippen LogP contribution in [0, 0.1) is 20.8 Å². The second-order valence-electron chi connectivity index (χ2n) is 6.95. The van der Waals surface area contributed by atoms with Gasteiger partial charge in [0.1, 0.15) is 0 Å². The van der Waals surface area contributed by atoms with Crippen LogP contribution in [0.3, 0.4) is 0 Å². The minimum Gasteiger partial charge on any atom is -0.454 e. The van der Waals surface area contributed by atoms with Gasteiger partial charge in [-0.05, 0) is 50.1 Å². The molecule has 1 aliphatic rings. The lowest BCUT2D eigenvalue weighted by Crippen LogP contribution is -2.42. The van der Waals surface area contributed by atoms with Gasteiger partial charge in [-0.2, -0.15) is 0 Å². The summed E-state index contributed by atoms with van der Waals surface area (Å²) in [6.45, 7) is 5.33. The number of aryl methyl sites for hydroxylation is 3. The van der Waals surface area contributed by atoms with E-state index in [0.29, 0.717) is 22.6 Å². The molecule has 1 heterocycles. The summed E-state index contributed by atoms with van der Waals surface area (Å²) in [7, 11) is -3.76. The average molecular weight is 433 g/mol. The van der Waals surface area contributed by atoms with Crippen molar-refractivity contribution in [1.82, 2.24) is 15.6 Å². The molecule has 0 saturated carbocycles. The van der Waals surface area contributed by atoms with E-state index in [-0.39, 0.29) is 30.2 Å². The van der Waals surface area contributed by atoms with Gasteiger partial charge in [0.05, 0.1) is 4.90 Å². The summed E-state index contributed by atoms with van der Waals surface area (Å²) in [5.41, 5.74) is 7.08. The third kappa shape index (κ3) is 4.89. The van der Waals surface area contributed by atoms with Crippen LogP contribution in [0.15, 0.2) is 35.2 Å². The molecule has 2 aromatic rings. The number of nitrogens with one attached hydrogen (secondary N) is 3. The van der Waals surface area contributed by atoms with Crippen LogP contribution in [0.2, 0.25) is 0 Å². The van der Waals surface area contributed by atoms with Crippen LogP contribution < -0.4 is 25.0 Å². The number of rotatable bonds is 6. The molecular weight excluding hydrogens is 410 g/mol. The normalized spacial score (nSPS) is 12.5. The molecule has 2 amide bonds. The molecule has 160 valence electrons. The van der Waals surface area contributed by atoms with E-state index in [9.17, 15) is 18.0 Å². The summed E-state index contributed by atoms with van der Waals surface area (Å²) < 4.78 is 38.0. The SMILES string of the molecule is Cc1cc(C)c(S(=O)(=O)NCCC(=O)NNC(=O)c2ccc3c(c2)OCO3)c(C)c1. The summed E-state index contributed by atoms with van der Waals surface area (Å²) in [5, 5.41) is 0. The average Bonchev–Trinajstić information content (AvgIpc) is 3.12. The summed E-state index contributed by atoms with van der Waals surface area (Å²) in [6, 6.07) is 8.22. The number of hydrogen-bond acceptors (Lipinski definition) is 6. The highest BCUT2D eigenvalue weighted by Crippen LogP contribution is 2.32. The van der Waals surface area contributed by atoms with E-state index < -0.39 is 21.8 Å². The molecule has 9 nitrogen and oxygen atoms in total. The second-order valence-corrected chi connectivity index (χ2v) is 8.65. The van der Waals surface area contributed by atoms with E-state index in [2.05, 4.69) is 15.6 Å². The summed E-state index contributed by atoms with van der Waals surface area (Å²) in [5.74, 6) is -0.0794. The van der Waals surface area contributed by atoms with Crippen LogP contribution in [0.25, 0.3) is 0 Å². The van der Waals surface area contributed by atoms with Crippen molar-refractivity contribution in [3.63, 3.8) is 0 Å². The predicted octanol–water partition coefficient (Wildman–Crippen LogP) is 1.47. The van der Waals surface area contributed by atoms with Crippen molar-refractivity contribution in [2.24, 2.45) is 0 Å². The zero-order valence-electron chi connectivity index (χ0n) is 16.9. The number of hydrogen-bond donors (Lipinski definition) is 3. The Kier molecular flexibility index (Phi) is 6.28. The first kappa shape index (κ1) is 21.6. The highest BCUT2D eigenvalue weighted by Gasteiger charge is 2.20. The molecule has 2 aromatic carbocycles. The topological polar surface area (TPSA) is 123 Å². The smallest absolute Gasteiger partial charge is 0.269 e. The molecule has 3 N–H and O–H groups in total. The van der Waals surface area contributed by atoms with Gasteiger partial charge in [-0.15, -0.1) is 0 Å². The van der Waals surface area contributed by atoms with E-state index in [0.717, 1.165) is 5.56 Å². The molecule has 3 rings (SSSR count). The minimum absolute atomic E-state index is 0.0920. The Balaban J connectivity index is 1.50. The molecule has 0 aliphatic carbocycles. The Labute approximate surface area is 174 Å². The lowest BCUT2D eigenvalue weighted by molar-refractivity contribution is -0.121. The van der Waals surface area contributed by atoms with Crippen LogP contribution in [-0.2, 0) is 14.8 Å². The van der Waals surface area contributed by atoms with Crippen molar-refractivity contribution in [2.45, 2.75) is 32.1 Å². The van der Waals surface area contributed by atoms with Crippen molar-refractivity contribution in [2.75, 3.05) is 13.3 Å². The molecule has 0 aromatic heterocycles. The van der Waals surface area contributed by atoms with Gasteiger partial charge < -0.3 is 9.47 Å². The third-order valence-corrected chi connectivity index (χ3v) is 6.23. The lowest BCUT2D eigenvalue weighted by atomic mass is 10.1. The number of amides is 2. The van der Waals surface area contributed by atoms with E-state index >= 15 is 0 Å². The Morgan fingerprint density at radius 2 is 1.63 bits per heavy atom. The van der Waals surface area contributed by atoms with E-state index in [4.69, 9.17) is 9.47 Å². The van der Waals surface area contributed by atoms with Crippen molar-refractivity contribution in [3.8, 4) is 11.5 Å². The monoisotopic (exact) mass is 433 g/mol. The van der Waals surface area contributed by atoms with Crippen molar-refractivity contribution >= 4 is 21.8 Å². The highest BCUT2D eigenvalue weighted by atomic mass is 32.2. The molecule has 10 heteroatoms. The van der Waals surface area contributed by atoms with Crippen molar-refractivity contribution in [3.05, 3.63) is 52.6 Å². The first-order valence-corrected chi connectivity index (χ1v) is 10.7. The molecule has 0 fully saturated rings. The molecule has 30 heavy (non-hydrogen) atoms. The van der Waals surface area contributed by atoms with Gasteiger partial charge in [-0.25, -0.2) is 13.1 Å². The first-order valence-electron chi connectivity index (χ1n) is 9.24. The third-order valence-electron chi connectivity index (χ3n) is 4.47. The van der Waals surface area contributed by atoms with E-state index in [1.165, 1.54) is 12.1 Å². The summed E-state index contributed by atoms with van der Waals surface area (Å²) in [6.07, 6.45) is -0.148. The standard InChI is InChI=1S/C20H23N3O6S/c1-12-8-13(2)19(14(3)9-12)30(26,27)21-7-6-18(24)22-23-20(25)15-4-5-16-17(10-15)29-11-28-16/h4-5,8-10,21H,6-7,11H2,1-3H3,(H,22,24)(H,23,25). The van der Waals surface area contributed by atoms with Gasteiger partial charge in [0.2, 0.25) is 22.7 Å². The van der Waals surface area contributed by atoms with Crippen molar-refractivity contribution in [1.29, 1.82) is 0 Å². The maximum Gasteiger partial charge on any atom is 0.269 e. The van der Waals surface area contributed by atoms with Crippen LogP contribution in [0.5, 0.6) is 11.5 Å². The van der Waals surface area contributed by atoms with Crippen LogP contribution in [0.1, 0.15) is 33.5 Å². The molecule has 0 unspecified atom stereocenters. The molecule has 0 atom stereocenters. The quantitative estimate of drug-likeness (QED) is 0.593. The maximum atomic E-state index is 12.6. The number of fused-ring (bicyclic) bond motifs is 1. The highest BCUT2D eigenvalue weighted by molar-refractivity contribution is 7.89. The fourth-order valence-corrected chi connectivity index (χ4v) is 4.74. The Morgan fingerprint density at radius 3 is 2.33 bits per heavy atom. The molecule has 1 aliphatic heterocycles. The van der Waals surface area contributed by atoms with Gasteiger partial charge in [-0.3, -0.25) is 20.4 Å². The van der Waals surface area contributed by atoms with Crippen molar-refractivity contribution < 1.29 is 27.5 Å². The largest absolute Gasteiger partial charge is 0.454 e. The van der Waals surface area contributed by atoms with Gasteiger partial charge in [-0.1, -0.05) is 17.7 Å².